The van der Waals surface area contributed by atoms with Crippen LogP contribution in [0.3, 0.4) is 0 Å². The van der Waals surface area contributed by atoms with Crippen LogP contribution < -0.4 is 5.32 Å². The molecule has 2 rings (SSSR count). The first-order valence-corrected chi connectivity index (χ1v) is 8.00. The third kappa shape index (κ3) is 5.13. The summed E-state index contributed by atoms with van der Waals surface area (Å²) in [6.07, 6.45) is 1.14. The fourth-order valence-electron chi connectivity index (χ4n) is 2.38. The Bertz CT molecular complexity index is 420. The number of piperazine rings is 1. The van der Waals surface area contributed by atoms with Crippen molar-refractivity contribution in [2.45, 2.75) is 13.0 Å². The Morgan fingerprint density at radius 3 is 2.70 bits per heavy atom. The van der Waals surface area contributed by atoms with Crippen molar-refractivity contribution >= 4 is 15.9 Å². The zero-order valence-corrected chi connectivity index (χ0v) is 13.6. The molecule has 5 heteroatoms. The minimum atomic E-state index is -0.193. The molecule has 1 aliphatic heterocycles. The fraction of sp³-hybridized carbons (Fsp3) is 0.600. The molecule has 0 saturated carbocycles. The number of nitrogens with zero attached hydrogens (tertiary/aromatic N) is 2. The van der Waals surface area contributed by atoms with Gasteiger partial charge in [-0.25, -0.2) is 4.39 Å². The molecule has 0 spiro atoms. The van der Waals surface area contributed by atoms with Crippen LogP contribution >= 0.6 is 15.9 Å². The molecule has 112 valence electrons. The smallest absolute Gasteiger partial charge is 0.137 e. The SMILES string of the molecule is CN1CCN(CCCNCc2ccc(Br)c(F)c2)CC1. The second kappa shape index (κ2) is 8.08. The summed E-state index contributed by atoms with van der Waals surface area (Å²) in [4.78, 5) is 4.89. The van der Waals surface area contributed by atoms with E-state index in [1.807, 2.05) is 6.07 Å². The summed E-state index contributed by atoms with van der Waals surface area (Å²) in [5, 5.41) is 3.38. The molecule has 0 aliphatic carbocycles. The van der Waals surface area contributed by atoms with Crippen LogP contribution in [0.5, 0.6) is 0 Å². The zero-order chi connectivity index (χ0) is 14.4. The van der Waals surface area contributed by atoms with Gasteiger partial charge in [-0.3, -0.25) is 0 Å². The summed E-state index contributed by atoms with van der Waals surface area (Å²) < 4.78 is 13.9. The molecule has 0 aromatic heterocycles. The number of rotatable bonds is 6. The Morgan fingerprint density at radius 1 is 1.25 bits per heavy atom. The summed E-state index contributed by atoms with van der Waals surface area (Å²) in [6.45, 7) is 7.55. The van der Waals surface area contributed by atoms with E-state index in [0.717, 1.165) is 31.6 Å². The van der Waals surface area contributed by atoms with E-state index in [-0.39, 0.29) is 5.82 Å². The van der Waals surface area contributed by atoms with Gasteiger partial charge in [0.1, 0.15) is 5.82 Å². The third-order valence-corrected chi connectivity index (χ3v) is 4.38. The van der Waals surface area contributed by atoms with Crippen molar-refractivity contribution in [3.8, 4) is 0 Å². The molecule has 3 nitrogen and oxygen atoms in total. The normalized spacial score (nSPS) is 17.6. The van der Waals surface area contributed by atoms with Crippen LogP contribution in [0, 0.1) is 5.82 Å². The van der Waals surface area contributed by atoms with Gasteiger partial charge in [-0.2, -0.15) is 0 Å². The first kappa shape index (κ1) is 15.9. The maximum atomic E-state index is 13.3. The average Bonchev–Trinajstić information content (AvgIpc) is 2.44. The molecule has 1 N–H and O–H groups in total. The van der Waals surface area contributed by atoms with Gasteiger partial charge in [0.25, 0.3) is 0 Å². The fourth-order valence-corrected chi connectivity index (χ4v) is 2.63. The molecule has 20 heavy (non-hydrogen) atoms. The molecule has 1 saturated heterocycles. The van der Waals surface area contributed by atoms with Gasteiger partial charge >= 0.3 is 0 Å². The molecule has 0 amide bonds. The quantitative estimate of drug-likeness (QED) is 0.799. The summed E-state index contributed by atoms with van der Waals surface area (Å²) in [5.41, 5.74) is 0.991. The van der Waals surface area contributed by atoms with Crippen molar-refractivity contribution in [2.24, 2.45) is 0 Å². The van der Waals surface area contributed by atoms with Crippen LogP contribution in [-0.4, -0.2) is 56.1 Å². The molecular weight excluding hydrogens is 321 g/mol. The summed E-state index contributed by atoms with van der Waals surface area (Å²) in [6, 6.07) is 5.29. The molecule has 0 bridgehead atoms. The number of likely N-dealkylation sites (N-methyl/N-ethyl adjacent to an activating group) is 1. The van der Waals surface area contributed by atoms with Crippen molar-refractivity contribution in [3.63, 3.8) is 0 Å². The second-order valence-corrected chi connectivity index (χ2v) is 6.28. The van der Waals surface area contributed by atoms with E-state index < -0.39 is 0 Å². The van der Waals surface area contributed by atoms with Crippen LogP contribution in [-0.2, 0) is 6.54 Å². The van der Waals surface area contributed by atoms with Gasteiger partial charge in [-0.05, 0) is 60.2 Å². The molecular formula is C15H23BrFN3. The number of hydrogen-bond donors (Lipinski definition) is 1. The lowest BCUT2D eigenvalue weighted by Gasteiger charge is -2.32. The molecule has 0 atom stereocenters. The zero-order valence-electron chi connectivity index (χ0n) is 12.0. The van der Waals surface area contributed by atoms with E-state index in [9.17, 15) is 4.39 Å². The van der Waals surface area contributed by atoms with Gasteiger partial charge in [0.2, 0.25) is 0 Å². The monoisotopic (exact) mass is 343 g/mol. The van der Waals surface area contributed by atoms with Gasteiger partial charge in [0, 0.05) is 32.7 Å². The van der Waals surface area contributed by atoms with E-state index >= 15 is 0 Å². The highest BCUT2D eigenvalue weighted by atomic mass is 79.9. The molecule has 1 aromatic rings. The van der Waals surface area contributed by atoms with Crippen LogP contribution in [0.2, 0.25) is 0 Å². The topological polar surface area (TPSA) is 18.5 Å². The summed E-state index contributed by atoms with van der Waals surface area (Å²) >= 11 is 3.17. The van der Waals surface area contributed by atoms with Crippen LogP contribution in [0.25, 0.3) is 0 Å². The van der Waals surface area contributed by atoms with Crippen LogP contribution in [0.4, 0.5) is 4.39 Å². The van der Waals surface area contributed by atoms with E-state index in [1.54, 1.807) is 12.1 Å². The third-order valence-electron chi connectivity index (χ3n) is 3.74. The van der Waals surface area contributed by atoms with Gasteiger partial charge in [-0.15, -0.1) is 0 Å². The molecule has 0 unspecified atom stereocenters. The predicted octanol–water partition coefficient (Wildman–Crippen LogP) is 2.32. The summed E-state index contributed by atoms with van der Waals surface area (Å²) in [5.74, 6) is -0.193. The van der Waals surface area contributed by atoms with Crippen molar-refractivity contribution in [2.75, 3.05) is 46.3 Å². The highest BCUT2D eigenvalue weighted by Gasteiger charge is 2.12. The van der Waals surface area contributed by atoms with E-state index in [4.69, 9.17) is 0 Å². The lowest BCUT2D eigenvalue weighted by atomic mass is 10.2. The summed E-state index contributed by atoms with van der Waals surface area (Å²) in [7, 11) is 2.18. The van der Waals surface area contributed by atoms with Gasteiger partial charge in [0.15, 0.2) is 0 Å². The maximum absolute atomic E-state index is 13.3. The minimum Gasteiger partial charge on any atom is -0.313 e. The lowest BCUT2D eigenvalue weighted by molar-refractivity contribution is 0.153. The molecule has 1 fully saturated rings. The maximum Gasteiger partial charge on any atom is 0.137 e. The first-order valence-electron chi connectivity index (χ1n) is 7.21. The van der Waals surface area contributed by atoms with Crippen molar-refractivity contribution < 1.29 is 4.39 Å². The van der Waals surface area contributed by atoms with Gasteiger partial charge < -0.3 is 15.1 Å². The van der Waals surface area contributed by atoms with Gasteiger partial charge in [0.05, 0.1) is 4.47 Å². The highest BCUT2D eigenvalue weighted by molar-refractivity contribution is 9.10. The van der Waals surface area contributed by atoms with E-state index in [0.29, 0.717) is 4.47 Å². The number of hydrogen-bond acceptors (Lipinski definition) is 3. The minimum absolute atomic E-state index is 0.193. The van der Waals surface area contributed by atoms with Crippen LogP contribution in [0.1, 0.15) is 12.0 Å². The molecule has 1 heterocycles. The average molecular weight is 344 g/mol. The first-order chi connectivity index (χ1) is 9.65. The number of nitrogens with one attached hydrogen (secondary N) is 1. The van der Waals surface area contributed by atoms with E-state index in [2.05, 4.69) is 38.1 Å². The predicted molar refractivity (Wildman–Crippen MR) is 84.4 cm³/mol. The van der Waals surface area contributed by atoms with Crippen LogP contribution in [0.15, 0.2) is 22.7 Å². The Balaban J connectivity index is 1.58. The molecule has 1 aliphatic rings. The number of benzene rings is 1. The highest BCUT2D eigenvalue weighted by Crippen LogP contribution is 2.16. The lowest BCUT2D eigenvalue weighted by Crippen LogP contribution is -2.45. The van der Waals surface area contributed by atoms with Crippen molar-refractivity contribution in [3.05, 3.63) is 34.1 Å². The Labute approximate surface area is 129 Å². The van der Waals surface area contributed by atoms with E-state index in [1.165, 1.54) is 26.2 Å². The molecule has 1 aromatic carbocycles. The Morgan fingerprint density at radius 2 is 2.00 bits per heavy atom. The Kier molecular flexibility index (Phi) is 6.42. The van der Waals surface area contributed by atoms with Gasteiger partial charge in [-0.1, -0.05) is 6.07 Å². The number of halogens is 2. The van der Waals surface area contributed by atoms with Crippen molar-refractivity contribution in [1.82, 2.24) is 15.1 Å². The standard InChI is InChI=1S/C15H23BrFN3/c1-19-7-9-20(10-8-19)6-2-5-18-12-13-3-4-14(16)15(17)11-13/h3-4,11,18H,2,5-10,12H2,1H3. The Hall–Kier alpha value is -0.490. The van der Waals surface area contributed by atoms with Crippen molar-refractivity contribution in [1.29, 1.82) is 0 Å². The largest absolute Gasteiger partial charge is 0.313 e. The second-order valence-electron chi connectivity index (χ2n) is 5.42. The molecule has 0 radical (unpaired) electrons.